The number of nitrogens with zero attached hydrogens (tertiary/aromatic N) is 4. The Labute approximate surface area is 168 Å². The third-order valence-corrected chi connectivity index (χ3v) is 5.25. The predicted octanol–water partition coefficient (Wildman–Crippen LogP) is 0.958. The van der Waals surface area contributed by atoms with Gasteiger partial charge in [0.05, 0.1) is 6.61 Å². The van der Waals surface area contributed by atoms with Crippen LogP contribution in [0, 0.1) is 0 Å². The van der Waals surface area contributed by atoms with Gasteiger partial charge in [0.25, 0.3) is 0 Å². The monoisotopic (exact) mass is 404 g/mol. The molecule has 10 nitrogen and oxygen atoms in total. The van der Waals surface area contributed by atoms with Gasteiger partial charge in [-0.05, 0) is 19.1 Å². The highest BCUT2D eigenvalue weighted by Crippen LogP contribution is 2.36. The van der Waals surface area contributed by atoms with Crippen molar-refractivity contribution >= 4 is 23.7 Å². The molecule has 29 heavy (non-hydrogen) atoms. The zero-order chi connectivity index (χ0) is 20.4. The Morgan fingerprint density at radius 3 is 2.48 bits per heavy atom. The molecule has 4 amide bonds. The largest absolute Gasteiger partial charge is 0.454 e. The van der Waals surface area contributed by atoms with Crippen LogP contribution in [0.2, 0.25) is 0 Å². The highest BCUT2D eigenvalue weighted by molar-refractivity contribution is 5.96. The lowest BCUT2D eigenvalue weighted by molar-refractivity contribution is -0.133. The molecular formula is C19H24N4O6. The molecule has 0 aliphatic carbocycles. The van der Waals surface area contributed by atoms with Gasteiger partial charge in [-0.1, -0.05) is 0 Å². The molecule has 10 heteroatoms. The number of carbonyl (C=O) groups is 3. The van der Waals surface area contributed by atoms with Gasteiger partial charge in [-0.25, -0.2) is 9.59 Å². The number of hydrogen-bond donors (Lipinski definition) is 0. The van der Waals surface area contributed by atoms with E-state index in [9.17, 15) is 14.4 Å². The van der Waals surface area contributed by atoms with Crippen LogP contribution < -0.4 is 14.4 Å². The minimum atomic E-state index is -0.353. The van der Waals surface area contributed by atoms with Gasteiger partial charge in [0.2, 0.25) is 12.7 Å². The molecule has 156 valence electrons. The summed E-state index contributed by atoms with van der Waals surface area (Å²) in [6, 6.07) is 5.16. The third kappa shape index (κ3) is 3.87. The maximum Gasteiger partial charge on any atom is 0.409 e. The van der Waals surface area contributed by atoms with E-state index in [2.05, 4.69) is 0 Å². The van der Waals surface area contributed by atoms with Crippen LogP contribution >= 0.6 is 0 Å². The average Bonchev–Trinajstić information content (AvgIpc) is 3.34. The molecule has 0 spiro atoms. The summed E-state index contributed by atoms with van der Waals surface area (Å²) in [6.45, 7) is 5.01. The number of carbonyl (C=O) groups excluding carboxylic acids is 3. The summed E-state index contributed by atoms with van der Waals surface area (Å²) in [5.41, 5.74) is 0.720. The second kappa shape index (κ2) is 8.06. The Hall–Kier alpha value is -3.17. The SMILES string of the molecule is CCOC(=O)N1CCN(C(=O)CN2CCN(c3ccc4c(c3)OCO4)C2=O)CC1. The second-order valence-electron chi connectivity index (χ2n) is 6.96. The first kappa shape index (κ1) is 19.2. The van der Waals surface area contributed by atoms with Crippen LogP contribution in [0.1, 0.15) is 6.92 Å². The van der Waals surface area contributed by atoms with Crippen LogP contribution in [0.5, 0.6) is 11.5 Å². The Morgan fingerprint density at radius 2 is 1.72 bits per heavy atom. The lowest BCUT2D eigenvalue weighted by Gasteiger charge is -2.34. The molecular weight excluding hydrogens is 380 g/mol. The quantitative estimate of drug-likeness (QED) is 0.742. The van der Waals surface area contributed by atoms with Crippen molar-refractivity contribution in [3.8, 4) is 11.5 Å². The van der Waals surface area contributed by atoms with E-state index in [1.807, 2.05) is 6.07 Å². The van der Waals surface area contributed by atoms with Crippen molar-refractivity contribution in [1.82, 2.24) is 14.7 Å². The molecule has 0 N–H and O–H groups in total. The first-order valence-corrected chi connectivity index (χ1v) is 9.72. The number of piperazine rings is 1. The van der Waals surface area contributed by atoms with E-state index in [1.54, 1.807) is 38.7 Å². The summed E-state index contributed by atoms with van der Waals surface area (Å²) in [5.74, 6) is 1.16. The molecule has 3 aliphatic rings. The van der Waals surface area contributed by atoms with Crippen molar-refractivity contribution in [3.63, 3.8) is 0 Å². The molecule has 0 atom stereocenters. The summed E-state index contributed by atoms with van der Waals surface area (Å²) in [6.07, 6.45) is -0.353. The molecule has 3 heterocycles. The summed E-state index contributed by atoms with van der Waals surface area (Å²) >= 11 is 0. The maximum absolute atomic E-state index is 12.8. The van der Waals surface area contributed by atoms with Crippen molar-refractivity contribution in [2.75, 3.05) is 64.1 Å². The Morgan fingerprint density at radius 1 is 1.00 bits per heavy atom. The van der Waals surface area contributed by atoms with Gasteiger partial charge in [-0.3, -0.25) is 9.69 Å². The fraction of sp³-hybridized carbons (Fsp3) is 0.526. The fourth-order valence-electron chi connectivity index (χ4n) is 3.64. The molecule has 0 unspecified atom stereocenters. The first-order valence-electron chi connectivity index (χ1n) is 9.72. The molecule has 4 rings (SSSR count). The lowest BCUT2D eigenvalue weighted by Crippen LogP contribution is -2.53. The zero-order valence-electron chi connectivity index (χ0n) is 16.3. The van der Waals surface area contributed by atoms with Crippen molar-refractivity contribution in [1.29, 1.82) is 0 Å². The molecule has 3 aliphatic heterocycles. The Balaban J connectivity index is 1.31. The number of urea groups is 1. The van der Waals surface area contributed by atoms with Gasteiger partial charge in [-0.2, -0.15) is 0 Å². The summed E-state index contributed by atoms with van der Waals surface area (Å²) < 4.78 is 15.7. The Kier molecular flexibility index (Phi) is 5.32. The van der Waals surface area contributed by atoms with Crippen LogP contribution in [-0.2, 0) is 9.53 Å². The van der Waals surface area contributed by atoms with Crippen LogP contribution in [-0.4, -0.2) is 91.9 Å². The van der Waals surface area contributed by atoms with E-state index in [4.69, 9.17) is 14.2 Å². The van der Waals surface area contributed by atoms with Gasteiger partial charge >= 0.3 is 12.1 Å². The number of fused-ring (bicyclic) bond motifs is 1. The number of amides is 4. The maximum atomic E-state index is 12.8. The van der Waals surface area contributed by atoms with E-state index in [1.165, 1.54) is 0 Å². The molecule has 1 aromatic carbocycles. The minimum absolute atomic E-state index is 0.0271. The normalized spacial score (nSPS) is 18.4. The number of ether oxygens (including phenoxy) is 3. The van der Waals surface area contributed by atoms with E-state index in [-0.39, 0.29) is 31.4 Å². The average molecular weight is 404 g/mol. The number of benzene rings is 1. The van der Waals surface area contributed by atoms with Crippen molar-refractivity contribution in [2.24, 2.45) is 0 Å². The highest BCUT2D eigenvalue weighted by Gasteiger charge is 2.33. The topological polar surface area (TPSA) is 91.9 Å². The predicted molar refractivity (Wildman–Crippen MR) is 102 cm³/mol. The smallest absolute Gasteiger partial charge is 0.409 e. The van der Waals surface area contributed by atoms with Crippen molar-refractivity contribution in [2.45, 2.75) is 6.92 Å². The van der Waals surface area contributed by atoms with Gasteiger partial charge in [0, 0.05) is 51.0 Å². The van der Waals surface area contributed by atoms with Crippen LogP contribution in [0.3, 0.4) is 0 Å². The van der Waals surface area contributed by atoms with E-state index in [0.29, 0.717) is 57.4 Å². The molecule has 2 saturated heterocycles. The Bertz CT molecular complexity index is 808. The van der Waals surface area contributed by atoms with Crippen LogP contribution in [0.4, 0.5) is 15.3 Å². The molecule has 0 bridgehead atoms. The van der Waals surface area contributed by atoms with Crippen LogP contribution in [0.15, 0.2) is 18.2 Å². The summed E-state index contributed by atoms with van der Waals surface area (Å²) in [5, 5.41) is 0. The highest BCUT2D eigenvalue weighted by atomic mass is 16.7. The summed E-state index contributed by atoms with van der Waals surface area (Å²) in [7, 11) is 0. The van der Waals surface area contributed by atoms with E-state index < -0.39 is 0 Å². The number of hydrogen-bond acceptors (Lipinski definition) is 6. The summed E-state index contributed by atoms with van der Waals surface area (Å²) in [4.78, 5) is 43.6. The first-order chi connectivity index (χ1) is 14.1. The number of anilines is 1. The molecule has 0 saturated carbocycles. The molecule has 1 aromatic rings. The molecule has 0 aromatic heterocycles. The van der Waals surface area contributed by atoms with Gasteiger partial charge in [0.1, 0.15) is 6.54 Å². The van der Waals surface area contributed by atoms with Gasteiger partial charge in [-0.15, -0.1) is 0 Å². The lowest BCUT2D eigenvalue weighted by atomic mass is 10.2. The van der Waals surface area contributed by atoms with E-state index >= 15 is 0 Å². The number of rotatable bonds is 4. The van der Waals surface area contributed by atoms with Crippen molar-refractivity contribution < 1.29 is 28.6 Å². The van der Waals surface area contributed by atoms with Gasteiger partial charge < -0.3 is 28.9 Å². The third-order valence-electron chi connectivity index (χ3n) is 5.25. The molecule has 0 radical (unpaired) electrons. The van der Waals surface area contributed by atoms with E-state index in [0.717, 1.165) is 5.69 Å². The second-order valence-corrected chi connectivity index (χ2v) is 6.96. The zero-order valence-corrected chi connectivity index (χ0v) is 16.3. The van der Waals surface area contributed by atoms with Crippen LogP contribution in [0.25, 0.3) is 0 Å². The molecule has 2 fully saturated rings. The minimum Gasteiger partial charge on any atom is -0.454 e. The standard InChI is InChI=1S/C19H24N4O6/c1-2-27-19(26)21-7-5-20(6-8-21)17(24)12-22-9-10-23(18(22)25)14-3-4-15-16(11-14)29-13-28-15/h3-4,11H,2,5-10,12-13H2,1H3. The fourth-order valence-corrected chi connectivity index (χ4v) is 3.64. The van der Waals surface area contributed by atoms with Gasteiger partial charge in [0.15, 0.2) is 11.5 Å². The van der Waals surface area contributed by atoms with Crippen molar-refractivity contribution in [3.05, 3.63) is 18.2 Å².